The second kappa shape index (κ2) is 4.97. The number of halogens is 2. The van der Waals surface area contributed by atoms with E-state index in [0.717, 1.165) is 0 Å². The predicted octanol–water partition coefficient (Wildman–Crippen LogP) is 3.16. The minimum Gasteiger partial charge on any atom is -0.476 e. The Bertz CT molecular complexity index is 677. The molecule has 2 aromatic rings. The number of hydrogen-bond acceptors (Lipinski definition) is 3. The third-order valence-electron chi connectivity index (χ3n) is 2.72. The van der Waals surface area contributed by atoms with Gasteiger partial charge in [-0.2, -0.15) is 0 Å². The van der Waals surface area contributed by atoms with Crippen LogP contribution in [0.5, 0.6) is 0 Å². The zero-order chi connectivity index (χ0) is 15.1. The highest BCUT2D eigenvalue weighted by atomic mass is 79.9. The quantitative estimate of drug-likeness (QED) is 0.910. The Hall–Kier alpha value is -1.76. The summed E-state index contributed by atoms with van der Waals surface area (Å²) < 4.78 is 15.9. The first kappa shape index (κ1) is 14.6. The van der Waals surface area contributed by atoms with Crippen molar-refractivity contribution in [3.05, 3.63) is 39.9 Å². The van der Waals surface area contributed by atoms with Gasteiger partial charge in [-0.3, -0.25) is 0 Å². The van der Waals surface area contributed by atoms with E-state index in [9.17, 15) is 14.3 Å². The third-order valence-corrected chi connectivity index (χ3v) is 3.21. The van der Waals surface area contributed by atoms with E-state index in [4.69, 9.17) is 0 Å². The van der Waals surface area contributed by atoms with Crippen molar-refractivity contribution in [3.63, 3.8) is 0 Å². The number of aromatic nitrogens is 3. The van der Waals surface area contributed by atoms with Crippen LogP contribution < -0.4 is 0 Å². The van der Waals surface area contributed by atoms with Gasteiger partial charge in [0, 0.05) is 9.89 Å². The minimum absolute atomic E-state index is 0.157. The molecule has 0 atom stereocenters. The largest absolute Gasteiger partial charge is 0.476 e. The molecule has 0 amide bonds. The number of aromatic carboxylic acids is 1. The van der Waals surface area contributed by atoms with Gasteiger partial charge in [0.05, 0.1) is 5.69 Å². The van der Waals surface area contributed by atoms with Gasteiger partial charge in [0.2, 0.25) is 0 Å². The lowest BCUT2D eigenvalue weighted by Crippen LogP contribution is -2.21. The maximum atomic E-state index is 14.0. The summed E-state index contributed by atoms with van der Waals surface area (Å²) in [4.78, 5) is 11.2. The molecule has 7 heteroatoms. The lowest BCUT2D eigenvalue weighted by atomic mass is 9.90. The Morgan fingerprint density at radius 2 is 2.05 bits per heavy atom. The van der Waals surface area contributed by atoms with Crippen LogP contribution in [0.1, 0.15) is 37.0 Å². The second-order valence-corrected chi connectivity index (χ2v) is 6.27. The smallest absolute Gasteiger partial charge is 0.358 e. The summed E-state index contributed by atoms with van der Waals surface area (Å²) in [6.45, 7) is 5.47. The van der Waals surface area contributed by atoms with Crippen LogP contribution in [0.2, 0.25) is 0 Å². The average molecular weight is 342 g/mol. The van der Waals surface area contributed by atoms with Crippen LogP contribution in [0, 0.1) is 5.82 Å². The first-order chi connectivity index (χ1) is 9.21. The Kier molecular flexibility index (Phi) is 3.64. The number of carboxylic acid groups (broad SMARTS) is 1. The third kappa shape index (κ3) is 2.58. The summed E-state index contributed by atoms with van der Waals surface area (Å²) in [6.07, 6.45) is 0. The summed E-state index contributed by atoms with van der Waals surface area (Å²) >= 11 is 3.26. The summed E-state index contributed by atoms with van der Waals surface area (Å²) in [7, 11) is 0. The molecule has 2 rings (SSSR count). The molecule has 0 spiro atoms. The van der Waals surface area contributed by atoms with Gasteiger partial charge >= 0.3 is 5.97 Å². The maximum absolute atomic E-state index is 14.0. The Labute approximate surface area is 123 Å². The van der Waals surface area contributed by atoms with Crippen molar-refractivity contribution in [3.8, 4) is 5.69 Å². The summed E-state index contributed by atoms with van der Waals surface area (Å²) in [5.41, 5.74) is -0.213. The van der Waals surface area contributed by atoms with Crippen LogP contribution in [-0.4, -0.2) is 26.1 Å². The van der Waals surface area contributed by atoms with Gasteiger partial charge in [-0.25, -0.2) is 13.9 Å². The molecule has 1 aromatic heterocycles. The normalized spacial score (nSPS) is 11.7. The molecule has 0 aliphatic rings. The number of benzene rings is 1. The van der Waals surface area contributed by atoms with Gasteiger partial charge in [0.25, 0.3) is 0 Å². The topological polar surface area (TPSA) is 68.0 Å². The molecule has 20 heavy (non-hydrogen) atoms. The van der Waals surface area contributed by atoms with E-state index in [1.54, 1.807) is 6.07 Å². The number of carboxylic acids is 1. The zero-order valence-corrected chi connectivity index (χ0v) is 12.8. The summed E-state index contributed by atoms with van der Waals surface area (Å²) in [5.74, 6) is -1.68. The van der Waals surface area contributed by atoms with Crippen molar-refractivity contribution in [2.24, 2.45) is 0 Å². The SMILES string of the molecule is CC(C)(C)c1c(C(=O)O)nnn1-c1cc(Br)ccc1F. The van der Waals surface area contributed by atoms with E-state index in [2.05, 4.69) is 26.2 Å². The zero-order valence-electron chi connectivity index (χ0n) is 11.2. The molecule has 0 unspecified atom stereocenters. The number of carbonyl (C=O) groups is 1. The number of nitrogens with zero attached hydrogens (tertiary/aromatic N) is 3. The molecule has 0 saturated carbocycles. The molecule has 0 fully saturated rings. The van der Waals surface area contributed by atoms with E-state index in [0.29, 0.717) is 10.2 Å². The van der Waals surface area contributed by atoms with Crippen molar-refractivity contribution < 1.29 is 14.3 Å². The van der Waals surface area contributed by atoms with Gasteiger partial charge in [0.15, 0.2) is 5.69 Å². The Morgan fingerprint density at radius 1 is 1.40 bits per heavy atom. The molecule has 0 radical (unpaired) electrons. The van der Waals surface area contributed by atoms with Gasteiger partial charge < -0.3 is 5.11 Å². The minimum atomic E-state index is -1.18. The predicted molar refractivity (Wildman–Crippen MR) is 74.7 cm³/mol. The fourth-order valence-corrected chi connectivity index (χ4v) is 2.26. The number of rotatable bonds is 2. The van der Waals surface area contributed by atoms with Crippen LogP contribution >= 0.6 is 15.9 Å². The monoisotopic (exact) mass is 341 g/mol. The first-order valence-electron chi connectivity index (χ1n) is 5.86. The van der Waals surface area contributed by atoms with Crippen LogP contribution in [0.25, 0.3) is 5.69 Å². The highest BCUT2D eigenvalue weighted by Crippen LogP contribution is 2.29. The van der Waals surface area contributed by atoms with E-state index >= 15 is 0 Å². The van der Waals surface area contributed by atoms with E-state index in [1.807, 2.05) is 20.8 Å². The highest BCUT2D eigenvalue weighted by molar-refractivity contribution is 9.10. The summed E-state index contributed by atoms with van der Waals surface area (Å²) in [5, 5.41) is 16.7. The lowest BCUT2D eigenvalue weighted by molar-refractivity contribution is 0.0687. The van der Waals surface area contributed by atoms with Gasteiger partial charge in [0.1, 0.15) is 11.5 Å². The van der Waals surface area contributed by atoms with Crippen LogP contribution in [-0.2, 0) is 5.41 Å². The van der Waals surface area contributed by atoms with Crippen molar-refractivity contribution in [2.75, 3.05) is 0 Å². The van der Waals surface area contributed by atoms with Gasteiger partial charge in [-0.05, 0) is 18.2 Å². The maximum Gasteiger partial charge on any atom is 0.358 e. The fraction of sp³-hybridized carbons (Fsp3) is 0.308. The molecule has 106 valence electrons. The molecular formula is C13H13BrFN3O2. The van der Waals surface area contributed by atoms with Crippen molar-refractivity contribution in [1.29, 1.82) is 0 Å². The van der Waals surface area contributed by atoms with Crippen LogP contribution in [0.3, 0.4) is 0 Å². The molecule has 1 N–H and O–H groups in total. The Morgan fingerprint density at radius 3 is 2.60 bits per heavy atom. The molecule has 0 saturated heterocycles. The standard InChI is InChI=1S/C13H13BrFN3O2/c1-13(2,3)11-10(12(19)20)16-17-18(11)9-6-7(14)4-5-8(9)15/h4-6H,1-3H3,(H,19,20). The van der Waals surface area contributed by atoms with Gasteiger partial charge in [-0.15, -0.1) is 5.10 Å². The highest BCUT2D eigenvalue weighted by Gasteiger charge is 2.30. The molecular weight excluding hydrogens is 329 g/mol. The molecule has 1 aromatic carbocycles. The molecule has 1 heterocycles. The van der Waals surface area contributed by atoms with Crippen molar-refractivity contribution in [2.45, 2.75) is 26.2 Å². The number of hydrogen-bond donors (Lipinski definition) is 1. The lowest BCUT2D eigenvalue weighted by Gasteiger charge is -2.20. The van der Waals surface area contributed by atoms with E-state index in [1.165, 1.54) is 16.8 Å². The van der Waals surface area contributed by atoms with Crippen molar-refractivity contribution in [1.82, 2.24) is 15.0 Å². The molecule has 5 nitrogen and oxygen atoms in total. The van der Waals surface area contributed by atoms with E-state index < -0.39 is 17.2 Å². The van der Waals surface area contributed by atoms with Gasteiger partial charge in [-0.1, -0.05) is 41.9 Å². The summed E-state index contributed by atoms with van der Waals surface area (Å²) in [6, 6.07) is 4.38. The van der Waals surface area contributed by atoms with Crippen LogP contribution in [0.15, 0.2) is 22.7 Å². The molecule has 0 aliphatic heterocycles. The average Bonchev–Trinajstić information content (AvgIpc) is 2.76. The molecule has 0 aliphatic carbocycles. The second-order valence-electron chi connectivity index (χ2n) is 5.35. The molecule has 0 bridgehead atoms. The fourth-order valence-electron chi connectivity index (χ4n) is 1.92. The van der Waals surface area contributed by atoms with Crippen LogP contribution in [0.4, 0.5) is 4.39 Å². The first-order valence-corrected chi connectivity index (χ1v) is 6.66. The van der Waals surface area contributed by atoms with E-state index in [-0.39, 0.29) is 11.4 Å². The Balaban J connectivity index is 2.75. The van der Waals surface area contributed by atoms with Crippen molar-refractivity contribution >= 4 is 21.9 Å².